The van der Waals surface area contributed by atoms with Crippen molar-refractivity contribution in [1.82, 2.24) is 0 Å². The van der Waals surface area contributed by atoms with Gasteiger partial charge in [-0.3, -0.25) is 9.59 Å². The maximum absolute atomic E-state index is 12.2. The van der Waals surface area contributed by atoms with E-state index in [0.29, 0.717) is 29.4 Å². The Labute approximate surface area is 140 Å². The summed E-state index contributed by atoms with van der Waals surface area (Å²) in [5, 5.41) is 2.81. The highest BCUT2D eigenvalue weighted by Gasteiger charge is 2.38. The lowest BCUT2D eigenvalue weighted by molar-refractivity contribution is -0.129. The molecule has 24 heavy (non-hydrogen) atoms. The van der Waals surface area contributed by atoms with Crippen LogP contribution in [0.2, 0.25) is 0 Å². The lowest BCUT2D eigenvalue weighted by Crippen LogP contribution is -2.46. The molecule has 3 rings (SSSR count). The smallest absolute Gasteiger partial charge is 0.268 e. The molecule has 1 heterocycles. The third-order valence-electron chi connectivity index (χ3n) is 3.88. The molecule has 2 aromatic carbocycles. The van der Waals surface area contributed by atoms with Crippen molar-refractivity contribution in [1.29, 1.82) is 0 Å². The van der Waals surface area contributed by atoms with E-state index in [1.165, 1.54) is 6.92 Å². The maximum Gasteiger partial charge on any atom is 0.268 e. The quantitative estimate of drug-likeness (QED) is 0.873. The molecule has 2 aromatic rings. The molecule has 0 aliphatic carbocycles. The summed E-state index contributed by atoms with van der Waals surface area (Å²) in [7, 11) is 0. The molecular formula is C19H19NO4. The molecule has 1 amide bonds. The Balaban J connectivity index is 1.97. The van der Waals surface area contributed by atoms with E-state index in [0.717, 1.165) is 5.56 Å². The first kappa shape index (κ1) is 16.1. The predicted molar refractivity (Wildman–Crippen MR) is 90.6 cm³/mol. The molecule has 0 atom stereocenters. The summed E-state index contributed by atoms with van der Waals surface area (Å²) in [6.07, 6.45) is 0. The van der Waals surface area contributed by atoms with Crippen LogP contribution < -0.4 is 14.8 Å². The van der Waals surface area contributed by atoms with Gasteiger partial charge < -0.3 is 14.8 Å². The normalized spacial score (nSPS) is 15.0. The zero-order chi connectivity index (χ0) is 17.3. The highest BCUT2D eigenvalue weighted by molar-refractivity contribution is 6.06. The van der Waals surface area contributed by atoms with Gasteiger partial charge in [-0.25, -0.2) is 0 Å². The van der Waals surface area contributed by atoms with Crippen LogP contribution in [-0.4, -0.2) is 17.3 Å². The Kier molecular flexibility index (Phi) is 4.01. The topological polar surface area (TPSA) is 64.6 Å². The van der Waals surface area contributed by atoms with E-state index in [-0.39, 0.29) is 11.7 Å². The van der Waals surface area contributed by atoms with Gasteiger partial charge >= 0.3 is 0 Å². The molecule has 0 fully saturated rings. The predicted octanol–water partition coefficient (Wildman–Crippen LogP) is 3.58. The lowest BCUT2D eigenvalue weighted by Gasteiger charge is -2.33. The van der Waals surface area contributed by atoms with Gasteiger partial charge in [0.05, 0.1) is 5.56 Å². The largest absolute Gasteiger partial charge is 0.487 e. The summed E-state index contributed by atoms with van der Waals surface area (Å²) in [6.45, 7) is 5.14. The van der Waals surface area contributed by atoms with Crippen molar-refractivity contribution >= 4 is 17.4 Å². The minimum Gasteiger partial charge on any atom is -0.487 e. The second-order valence-corrected chi connectivity index (χ2v) is 6.21. The van der Waals surface area contributed by atoms with Crippen LogP contribution >= 0.6 is 0 Å². The van der Waals surface area contributed by atoms with Crippen LogP contribution in [0.15, 0.2) is 42.5 Å². The van der Waals surface area contributed by atoms with E-state index in [1.807, 2.05) is 30.3 Å². The van der Waals surface area contributed by atoms with Crippen molar-refractivity contribution in [2.24, 2.45) is 0 Å². The molecule has 0 spiro atoms. The fraction of sp³-hybridized carbons (Fsp3) is 0.263. The highest BCUT2D eigenvalue weighted by Crippen LogP contribution is 2.43. The van der Waals surface area contributed by atoms with Gasteiger partial charge in [-0.05, 0) is 38.5 Å². The number of anilines is 1. The van der Waals surface area contributed by atoms with Crippen LogP contribution in [0.1, 0.15) is 36.7 Å². The first-order chi connectivity index (χ1) is 11.4. The van der Waals surface area contributed by atoms with E-state index in [2.05, 4.69) is 5.32 Å². The number of nitrogens with one attached hydrogen (secondary N) is 1. The first-order valence-corrected chi connectivity index (χ1v) is 7.73. The molecule has 1 N–H and O–H groups in total. The Bertz CT molecular complexity index is 797. The number of ether oxygens (including phenoxy) is 2. The van der Waals surface area contributed by atoms with E-state index in [9.17, 15) is 9.59 Å². The Morgan fingerprint density at radius 3 is 2.54 bits per heavy atom. The summed E-state index contributed by atoms with van der Waals surface area (Å²) < 4.78 is 11.6. The van der Waals surface area contributed by atoms with Gasteiger partial charge in [0.2, 0.25) is 0 Å². The third kappa shape index (κ3) is 2.97. The number of ketones is 1. The molecule has 0 radical (unpaired) electrons. The second-order valence-electron chi connectivity index (χ2n) is 6.21. The molecule has 0 unspecified atom stereocenters. The van der Waals surface area contributed by atoms with E-state index in [4.69, 9.17) is 9.47 Å². The molecule has 5 heteroatoms. The average Bonchev–Trinajstić information content (AvgIpc) is 2.54. The van der Waals surface area contributed by atoms with Gasteiger partial charge in [0.25, 0.3) is 5.91 Å². The Morgan fingerprint density at radius 2 is 1.88 bits per heavy atom. The standard InChI is InChI=1S/C19H19NO4/c1-12(21)14-9-10-15(23-11-13-7-5-4-6-8-13)16-17(14)24-19(2,3)18(22)20-16/h4-10H,11H2,1-3H3,(H,20,22). The first-order valence-electron chi connectivity index (χ1n) is 7.73. The van der Waals surface area contributed by atoms with E-state index in [1.54, 1.807) is 26.0 Å². The van der Waals surface area contributed by atoms with Gasteiger partial charge in [-0.15, -0.1) is 0 Å². The number of amides is 1. The summed E-state index contributed by atoms with van der Waals surface area (Å²) in [5.74, 6) is 0.424. The minimum atomic E-state index is -1.05. The number of fused-ring (bicyclic) bond motifs is 1. The van der Waals surface area contributed by atoms with Crippen LogP contribution in [0.5, 0.6) is 11.5 Å². The fourth-order valence-corrected chi connectivity index (χ4v) is 2.49. The zero-order valence-corrected chi connectivity index (χ0v) is 13.9. The van der Waals surface area contributed by atoms with Gasteiger partial charge in [0, 0.05) is 0 Å². The van der Waals surface area contributed by atoms with E-state index < -0.39 is 5.60 Å². The average molecular weight is 325 g/mol. The summed E-state index contributed by atoms with van der Waals surface area (Å²) in [5.41, 5.74) is 0.785. The number of Topliss-reactive ketones (excluding diaryl/α,β-unsaturated/α-hetero) is 1. The Hall–Kier alpha value is -2.82. The van der Waals surface area contributed by atoms with Crippen molar-refractivity contribution in [2.45, 2.75) is 33.0 Å². The lowest BCUT2D eigenvalue weighted by atomic mass is 10.0. The maximum atomic E-state index is 12.2. The van der Waals surface area contributed by atoms with Gasteiger partial charge in [-0.2, -0.15) is 0 Å². The van der Waals surface area contributed by atoms with Crippen LogP contribution in [-0.2, 0) is 11.4 Å². The van der Waals surface area contributed by atoms with Crippen LogP contribution in [0.25, 0.3) is 0 Å². The molecular weight excluding hydrogens is 306 g/mol. The van der Waals surface area contributed by atoms with Crippen LogP contribution in [0.4, 0.5) is 5.69 Å². The SMILES string of the molecule is CC(=O)c1ccc(OCc2ccccc2)c2c1OC(C)(C)C(=O)N2. The summed E-state index contributed by atoms with van der Waals surface area (Å²) in [6, 6.07) is 13.0. The van der Waals surface area contributed by atoms with Gasteiger partial charge in [-0.1, -0.05) is 30.3 Å². The summed E-state index contributed by atoms with van der Waals surface area (Å²) >= 11 is 0. The minimum absolute atomic E-state index is 0.132. The van der Waals surface area contributed by atoms with Crippen molar-refractivity contribution < 1.29 is 19.1 Å². The number of benzene rings is 2. The number of rotatable bonds is 4. The molecule has 1 aliphatic heterocycles. The molecule has 124 valence electrons. The van der Waals surface area contributed by atoms with E-state index >= 15 is 0 Å². The molecule has 0 aromatic heterocycles. The second kappa shape index (κ2) is 6.00. The molecule has 0 saturated carbocycles. The number of carbonyl (C=O) groups excluding carboxylic acids is 2. The third-order valence-corrected chi connectivity index (χ3v) is 3.88. The van der Waals surface area contributed by atoms with Crippen molar-refractivity contribution in [3.8, 4) is 11.5 Å². The summed E-state index contributed by atoms with van der Waals surface area (Å²) in [4.78, 5) is 24.1. The van der Waals surface area contributed by atoms with Crippen molar-refractivity contribution in [3.05, 3.63) is 53.6 Å². The van der Waals surface area contributed by atoms with Crippen LogP contribution in [0, 0.1) is 0 Å². The highest BCUT2D eigenvalue weighted by atomic mass is 16.5. The fourth-order valence-electron chi connectivity index (χ4n) is 2.49. The molecule has 0 saturated heterocycles. The van der Waals surface area contributed by atoms with Crippen molar-refractivity contribution in [3.63, 3.8) is 0 Å². The molecule has 0 bridgehead atoms. The van der Waals surface area contributed by atoms with Gasteiger partial charge in [0.1, 0.15) is 18.0 Å². The number of hydrogen-bond donors (Lipinski definition) is 1. The molecule has 1 aliphatic rings. The Morgan fingerprint density at radius 1 is 1.17 bits per heavy atom. The van der Waals surface area contributed by atoms with Crippen molar-refractivity contribution in [2.75, 3.05) is 5.32 Å². The number of carbonyl (C=O) groups is 2. The zero-order valence-electron chi connectivity index (χ0n) is 13.9. The number of hydrogen-bond acceptors (Lipinski definition) is 4. The van der Waals surface area contributed by atoms with Crippen LogP contribution in [0.3, 0.4) is 0 Å². The van der Waals surface area contributed by atoms with Gasteiger partial charge in [0.15, 0.2) is 17.1 Å². The molecule has 5 nitrogen and oxygen atoms in total. The monoisotopic (exact) mass is 325 g/mol.